The maximum atomic E-state index is 5.09. The van der Waals surface area contributed by atoms with Gasteiger partial charge in [0.25, 0.3) is 0 Å². The molecule has 0 aliphatic carbocycles. The minimum atomic E-state index is 0.510. The number of hydrogen-bond donors (Lipinski definition) is 1. The molecular weight excluding hydrogens is 244 g/mol. The third-order valence-corrected chi connectivity index (χ3v) is 2.65. The topological polar surface area (TPSA) is 46.0 Å². The van der Waals surface area contributed by atoms with Gasteiger partial charge in [-0.25, -0.2) is 0 Å². The summed E-state index contributed by atoms with van der Waals surface area (Å²) in [5.74, 6) is 0.823. The van der Waals surface area contributed by atoms with Gasteiger partial charge >= 0.3 is 0 Å². The molecule has 4 nitrogen and oxygen atoms in total. The van der Waals surface area contributed by atoms with Crippen LogP contribution in [-0.2, 0) is 6.42 Å². The molecule has 0 spiro atoms. The molecule has 1 aromatic carbocycles. The molecule has 0 atom stereocenters. The number of allylic oxidation sites excluding steroid dienone is 1. The van der Waals surface area contributed by atoms with E-state index in [9.17, 15) is 0 Å². The lowest BCUT2D eigenvalue weighted by Crippen LogP contribution is -1.95. The minimum absolute atomic E-state index is 0.510. The Kier molecular flexibility index (Phi) is 4.20. The van der Waals surface area contributed by atoms with Gasteiger partial charge in [0.15, 0.2) is 5.82 Å². The van der Waals surface area contributed by atoms with E-state index >= 15 is 0 Å². The van der Waals surface area contributed by atoms with Crippen molar-refractivity contribution in [3.8, 4) is 0 Å². The molecule has 0 fully saturated rings. The van der Waals surface area contributed by atoms with Crippen LogP contribution in [0.5, 0.6) is 0 Å². The summed E-state index contributed by atoms with van der Waals surface area (Å²) >= 11 is 5.09. The Bertz CT molecular complexity index is 607. The highest BCUT2D eigenvalue weighted by atomic mass is 32.1. The predicted molar refractivity (Wildman–Crippen MR) is 76.2 cm³/mol. The van der Waals surface area contributed by atoms with Gasteiger partial charge in [0, 0.05) is 12.6 Å². The molecule has 0 radical (unpaired) electrons. The summed E-state index contributed by atoms with van der Waals surface area (Å²) in [7, 11) is 0. The summed E-state index contributed by atoms with van der Waals surface area (Å²) < 4.78 is 2.14. The van der Waals surface area contributed by atoms with E-state index in [2.05, 4.69) is 15.3 Å². The van der Waals surface area contributed by atoms with Crippen molar-refractivity contribution in [2.75, 3.05) is 0 Å². The Morgan fingerprint density at radius 3 is 2.89 bits per heavy atom. The largest absolute Gasteiger partial charge is 0.250 e. The van der Waals surface area contributed by atoms with Crippen molar-refractivity contribution in [2.24, 2.45) is 5.10 Å². The fraction of sp³-hybridized carbons (Fsp3) is 0.154. The molecule has 0 aliphatic heterocycles. The normalized spacial score (nSPS) is 11.6. The van der Waals surface area contributed by atoms with Gasteiger partial charge < -0.3 is 0 Å². The van der Waals surface area contributed by atoms with E-state index in [1.165, 1.54) is 0 Å². The summed E-state index contributed by atoms with van der Waals surface area (Å²) in [5.41, 5.74) is 1.13. The SMILES string of the molecule is CCc1n[nH]c(=S)n1/N=C\C=Cc1ccccc1. The average Bonchev–Trinajstić information content (AvgIpc) is 2.77. The Labute approximate surface area is 111 Å². The lowest BCUT2D eigenvalue weighted by Gasteiger charge is -1.94. The molecule has 92 valence electrons. The van der Waals surface area contributed by atoms with Crippen LogP contribution in [0.25, 0.3) is 6.08 Å². The van der Waals surface area contributed by atoms with E-state index in [-0.39, 0.29) is 0 Å². The lowest BCUT2D eigenvalue weighted by atomic mass is 10.2. The number of nitrogens with zero attached hydrogens (tertiary/aromatic N) is 3. The number of aryl methyl sites for hydroxylation is 1. The van der Waals surface area contributed by atoms with Crippen molar-refractivity contribution >= 4 is 24.5 Å². The van der Waals surface area contributed by atoms with Gasteiger partial charge in [-0.15, -0.1) is 0 Å². The highest BCUT2D eigenvalue weighted by molar-refractivity contribution is 7.71. The average molecular weight is 258 g/mol. The van der Waals surface area contributed by atoms with Crippen molar-refractivity contribution in [3.63, 3.8) is 0 Å². The summed E-state index contributed by atoms with van der Waals surface area (Å²) in [6, 6.07) is 10.1. The zero-order chi connectivity index (χ0) is 12.8. The van der Waals surface area contributed by atoms with Crippen molar-refractivity contribution < 1.29 is 0 Å². The maximum absolute atomic E-state index is 5.09. The second-order valence-corrected chi connectivity index (χ2v) is 4.03. The first-order valence-electron chi connectivity index (χ1n) is 5.73. The highest BCUT2D eigenvalue weighted by Crippen LogP contribution is 2.00. The van der Waals surface area contributed by atoms with Gasteiger partial charge in [-0.3, -0.25) is 5.10 Å². The molecule has 0 amide bonds. The fourth-order valence-electron chi connectivity index (χ4n) is 1.50. The maximum Gasteiger partial charge on any atom is 0.216 e. The van der Waals surface area contributed by atoms with Gasteiger partial charge in [0.2, 0.25) is 4.77 Å². The van der Waals surface area contributed by atoms with Crippen LogP contribution in [0, 0.1) is 4.77 Å². The van der Waals surface area contributed by atoms with Gasteiger partial charge in [-0.1, -0.05) is 43.3 Å². The number of aromatic nitrogens is 3. The first-order chi connectivity index (χ1) is 8.81. The van der Waals surface area contributed by atoms with Gasteiger partial charge in [-0.2, -0.15) is 14.9 Å². The Balaban J connectivity index is 2.10. The smallest absolute Gasteiger partial charge is 0.216 e. The van der Waals surface area contributed by atoms with Crippen LogP contribution in [0.3, 0.4) is 0 Å². The fourth-order valence-corrected chi connectivity index (χ4v) is 1.69. The number of benzene rings is 1. The van der Waals surface area contributed by atoms with E-state index < -0.39 is 0 Å². The van der Waals surface area contributed by atoms with E-state index in [0.29, 0.717) is 4.77 Å². The molecule has 0 saturated heterocycles. The Morgan fingerprint density at radius 1 is 1.39 bits per heavy atom. The van der Waals surface area contributed by atoms with Crippen LogP contribution >= 0.6 is 12.2 Å². The van der Waals surface area contributed by atoms with Crippen molar-refractivity contribution in [1.82, 2.24) is 14.9 Å². The van der Waals surface area contributed by atoms with Gasteiger partial charge in [-0.05, 0) is 23.9 Å². The molecular formula is C13H14N4S. The molecule has 18 heavy (non-hydrogen) atoms. The minimum Gasteiger partial charge on any atom is -0.250 e. The highest BCUT2D eigenvalue weighted by Gasteiger charge is 1.99. The zero-order valence-electron chi connectivity index (χ0n) is 10.1. The first-order valence-corrected chi connectivity index (χ1v) is 6.14. The van der Waals surface area contributed by atoms with Crippen molar-refractivity contribution in [1.29, 1.82) is 0 Å². The molecule has 0 aliphatic rings. The molecule has 2 rings (SSSR count). The molecule has 0 saturated carbocycles. The number of H-pyrrole nitrogens is 1. The standard InChI is InChI=1S/C13H14N4S/c1-2-12-15-16-13(18)17(12)14-10-6-9-11-7-4-3-5-8-11/h3-10H,2H2,1H3,(H,16,18)/b9-6?,14-10-. The van der Waals surface area contributed by atoms with Crippen LogP contribution in [-0.4, -0.2) is 21.1 Å². The van der Waals surface area contributed by atoms with Gasteiger partial charge in [0.1, 0.15) is 0 Å². The quantitative estimate of drug-likeness (QED) is 0.676. The molecule has 0 bridgehead atoms. The van der Waals surface area contributed by atoms with Crippen LogP contribution < -0.4 is 0 Å². The molecule has 1 aromatic heterocycles. The molecule has 1 N–H and O–H groups in total. The number of nitrogens with one attached hydrogen (secondary N) is 1. The summed E-state index contributed by atoms with van der Waals surface area (Å²) in [5, 5.41) is 11.1. The van der Waals surface area contributed by atoms with Gasteiger partial charge in [0.05, 0.1) is 0 Å². The number of aromatic amines is 1. The summed E-state index contributed by atoms with van der Waals surface area (Å²) in [4.78, 5) is 0. The Morgan fingerprint density at radius 2 is 2.17 bits per heavy atom. The van der Waals surface area contributed by atoms with Crippen LogP contribution in [0.1, 0.15) is 18.3 Å². The van der Waals surface area contributed by atoms with E-state index in [4.69, 9.17) is 12.2 Å². The molecule has 2 aromatic rings. The second-order valence-electron chi connectivity index (χ2n) is 3.64. The second kappa shape index (κ2) is 6.07. The summed E-state index contributed by atoms with van der Waals surface area (Å²) in [6.07, 6.45) is 6.35. The monoisotopic (exact) mass is 258 g/mol. The Hall–Kier alpha value is -2.01. The van der Waals surface area contributed by atoms with Crippen molar-refractivity contribution in [2.45, 2.75) is 13.3 Å². The third-order valence-electron chi connectivity index (χ3n) is 2.39. The lowest BCUT2D eigenvalue weighted by molar-refractivity contribution is 0.780. The predicted octanol–water partition coefficient (Wildman–Crippen LogP) is 3.05. The number of rotatable bonds is 4. The molecule has 1 heterocycles. The third kappa shape index (κ3) is 3.01. The summed E-state index contributed by atoms with van der Waals surface area (Å²) in [6.45, 7) is 2.01. The van der Waals surface area contributed by atoms with E-state index in [0.717, 1.165) is 17.8 Å². The van der Waals surface area contributed by atoms with E-state index in [1.807, 2.05) is 49.4 Å². The zero-order valence-corrected chi connectivity index (χ0v) is 10.9. The molecule has 0 unspecified atom stereocenters. The van der Waals surface area contributed by atoms with E-state index in [1.54, 1.807) is 10.9 Å². The van der Waals surface area contributed by atoms with Crippen LogP contribution in [0.4, 0.5) is 0 Å². The molecule has 5 heteroatoms. The van der Waals surface area contributed by atoms with Crippen molar-refractivity contribution in [3.05, 3.63) is 52.6 Å². The number of hydrogen-bond acceptors (Lipinski definition) is 3. The van der Waals surface area contributed by atoms with Crippen LogP contribution in [0.2, 0.25) is 0 Å². The van der Waals surface area contributed by atoms with Crippen LogP contribution in [0.15, 0.2) is 41.5 Å². The first kappa shape index (κ1) is 12.4.